The summed E-state index contributed by atoms with van der Waals surface area (Å²) >= 11 is 0. The van der Waals surface area contributed by atoms with Gasteiger partial charge in [0.2, 0.25) is 0 Å². The molecule has 4 aliphatic rings. The molecule has 1 unspecified atom stereocenters. The summed E-state index contributed by atoms with van der Waals surface area (Å²) in [5.74, 6) is -1.31. The lowest BCUT2D eigenvalue weighted by Crippen LogP contribution is -2.44. The van der Waals surface area contributed by atoms with Crippen molar-refractivity contribution in [3.63, 3.8) is 0 Å². The number of rotatable bonds is 7. The van der Waals surface area contributed by atoms with E-state index >= 15 is 0 Å². The predicted molar refractivity (Wildman–Crippen MR) is 83.9 cm³/mol. The fraction of sp³-hybridized carbons (Fsp3) is 1.00. The highest BCUT2D eigenvalue weighted by Gasteiger charge is 2.58. The van der Waals surface area contributed by atoms with Crippen molar-refractivity contribution in [3.8, 4) is 0 Å². The minimum absolute atomic E-state index is 0.221. The Hall–Kier alpha value is -0.320. The lowest BCUT2D eigenvalue weighted by molar-refractivity contribution is -0.236. The van der Waals surface area contributed by atoms with Crippen LogP contribution in [0.4, 0.5) is 0 Å². The summed E-state index contributed by atoms with van der Waals surface area (Å²) in [4.78, 5) is 0. The second-order valence-electron chi connectivity index (χ2n) is 7.80. The van der Waals surface area contributed by atoms with E-state index in [1.165, 1.54) is 0 Å². The van der Waals surface area contributed by atoms with E-state index in [4.69, 9.17) is 37.9 Å². The summed E-state index contributed by atoms with van der Waals surface area (Å²) in [5.41, 5.74) is 0. The maximum absolute atomic E-state index is 6.08. The third kappa shape index (κ3) is 4.17. The molecular formula is C17H28O8. The lowest BCUT2D eigenvalue weighted by Gasteiger charge is -2.29. The van der Waals surface area contributed by atoms with Gasteiger partial charge in [0.25, 0.3) is 0 Å². The Balaban J connectivity index is 1.35. The van der Waals surface area contributed by atoms with E-state index < -0.39 is 17.9 Å². The second kappa shape index (κ2) is 6.69. The minimum Gasteiger partial charge on any atom is -0.376 e. The SMILES string of the molecule is CC1(C)O[C@H]2O[C@H]([C@H]3COC(C)(C)O3)[C@H](OCCOCC3CO3)[C@H]2O1. The summed E-state index contributed by atoms with van der Waals surface area (Å²) in [6, 6.07) is 0. The topological polar surface area (TPSA) is 77.1 Å². The average molecular weight is 360 g/mol. The van der Waals surface area contributed by atoms with Gasteiger partial charge in [-0.05, 0) is 27.7 Å². The van der Waals surface area contributed by atoms with Crippen molar-refractivity contribution in [2.24, 2.45) is 0 Å². The van der Waals surface area contributed by atoms with Gasteiger partial charge in [0, 0.05) is 0 Å². The van der Waals surface area contributed by atoms with Gasteiger partial charge < -0.3 is 37.9 Å². The van der Waals surface area contributed by atoms with Crippen LogP contribution in [0.15, 0.2) is 0 Å². The van der Waals surface area contributed by atoms with Crippen molar-refractivity contribution in [1.29, 1.82) is 0 Å². The fourth-order valence-corrected chi connectivity index (χ4v) is 3.49. The van der Waals surface area contributed by atoms with Crippen molar-refractivity contribution in [3.05, 3.63) is 0 Å². The van der Waals surface area contributed by atoms with E-state index in [-0.39, 0.29) is 30.5 Å². The van der Waals surface area contributed by atoms with Gasteiger partial charge in [0.1, 0.15) is 30.5 Å². The van der Waals surface area contributed by atoms with Gasteiger partial charge >= 0.3 is 0 Å². The molecule has 0 saturated carbocycles. The van der Waals surface area contributed by atoms with Gasteiger partial charge in [0.05, 0.1) is 33.0 Å². The van der Waals surface area contributed by atoms with Crippen molar-refractivity contribution < 1.29 is 37.9 Å². The minimum atomic E-state index is -0.686. The van der Waals surface area contributed by atoms with Crippen LogP contribution in [-0.2, 0) is 37.9 Å². The molecule has 0 aromatic carbocycles. The molecule has 4 saturated heterocycles. The number of ether oxygens (including phenoxy) is 8. The molecule has 4 aliphatic heterocycles. The Kier molecular flexibility index (Phi) is 4.83. The normalized spacial score (nSPS) is 44.2. The van der Waals surface area contributed by atoms with Crippen LogP contribution in [-0.4, -0.2) is 81.4 Å². The molecule has 0 spiro atoms. The Morgan fingerprint density at radius 1 is 0.920 bits per heavy atom. The predicted octanol–water partition coefficient (Wildman–Crippen LogP) is 0.815. The van der Waals surface area contributed by atoms with Gasteiger partial charge in [-0.25, -0.2) is 0 Å². The third-order valence-electron chi connectivity index (χ3n) is 4.67. The number of hydrogen-bond acceptors (Lipinski definition) is 8. The van der Waals surface area contributed by atoms with E-state index in [9.17, 15) is 0 Å². The highest BCUT2D eigenvalue weighted by atomic mass is 16.8. The van der Waals surface area contributed by atoms with Gasteiger partial charge in [-0.15, -0.1) is 0 Å². The van der Waals surface area contributed by atoms with Gasteiger partial charge in [-0.2, -0.15) is 0 Å². The Morgan fingerprint density at radius 3 is 2.40 bits per heavy atom. The molecule has 4 heterocycles. The number of hydrogen-bond donors (Lipinski definition) is 0. The first-order valence-corrected chi connectivity index (χ1v) is 8.97. The zero-order chi connectivity index (χ0) is 17.7. The number of fused-ring (bicyclic) bond motifs is 1. The van der Waals surface area contributed by atoms with E-state index in [1.54, 1.807) is 0 Å². The summed E-state index contributed by atoms with van der Waals surface area (Å²) in [6.07, 6.45) is -1.32. The fourth-order valence-electron chi connectivity index (χ4n) is 3.49. The largest absolute Gasteiger partial charge is 0.376 e. The van der Waals surface area contributed by atoms with Crippen molar-refractivity contribution in [2.45, 2.75) is 76.1 Å². The molecule has 0 aromatic heterocycles. The van der Waals surface area contributed by atoms with E-state index in [1.807, 2.05) is 27.7 Å². The maximum atomic E-state index is 6.08. The highest BCUT2D eigenvalue weighted by Crippen LogP contribution is 2.41. The van der Waals surface area contributed by atoms with Crippen LogP contribution >= 0.6 is 0 Å². The van der Waals surface area contributed by atoms with Gasteiger partial charge in [-0.3, -0.25) is 0 Å². The Bertz CT molecular complexity index is 477. The zero-order valence-corrected chi connectivity index (χ0v) is 15.3. The Morgan fingerprint density at radius 2 is 1.72 bits per heavy atom. The summed E-state index contributed by atoms with van der Waals surface area (Å²) < 4.78 is 46.3. The first kappa shape index (κ1) is 18.1. The molecule has 0 amide bonds. The van der Waals surface area contributed by atoms with Crippen LogP contribution in [0.25, 0.3) is 0 Å². The maximum Gasteiger partial charge on any atom is 0.190 e. The van der Waals surface area contributed by atoms with Crippen molar-refractivity contribution in [1.82, 2.24) is 0 Å². The molecule has 0 aliphatic carbocycles. The molecule has 0 aromatic rings. The van der Waals surface area contributed by atoms with Crippen molar-refractivity contribution >= 4 is 0 Å². The molecule has 4 fully saturated rings. The molecule has 8 heteroatoms. The molecular weight excluding hydrogens is 332 g/mol. The standard InChI is InChI=1S/C17H28O8/c1-16(2)21-9-11(23-16)12-13(19-6-5-18-7-10-8-20-10)14-15(22-12)25-17(3,4)24-14/h10-15H,5-9H2,1-4H3/t10?,11-,12-,13+,14-,15-/m1/s1. The van der Waals surface area contributed by atoms with Gasteiger partial charge in [0.15, 0.2) is 17.9 Å². The zero-order valence-electron chi connectivity index (χ0n) is 15.3. The summed E-state index contributed by atoms with van der Waals surface area (Å²) in [5, 5.41) is 0. The van der Waals surface area contributed by atoms with E-state index in [0.717, 1.165) is 6.61 Å². The molecule has 0 N–H and O–H groups in total. The molecule has 0 radical (unpaired) electrons. The quantitative estimate of drug-likeness (QED) is 0.488. The molecule has 0 bridgehead atoms. The first-order valence-electron chi connectivity index (χ1n) is 8.97. The summed E-state index contributed by atoms with van der Waals surface area (Å²) in [7, 11) is 0. The van der Waals surface area contributed by atoms with Crippen LogP contribution < -0.4 is 0 Å². The van der Waals surface area contributed by atoms with Crippen LogP contribution in [0.5, 0.6) is 0 Å². The van der Waals surface area contributed by atoms with Crippen LogP contribution in [0, 0.1) is 0 Å². The number of epoxide rings is 1. The first-order chi connectivity index (χ1) is 11.8. The average Bonchev–Trinajstić information content (AvgIpc) is 3.10. The molecule has 6 atom stereocenters. The third-order valence-corrected chi connectivity index (χ3v) is 4.67. The van der Waals surface area contributed by atoms with Crippen molar-refractivity contribution in [2.75, 3.05) is 33.0 Å². The van der Waals surface area contributed by atoms with Crippen LogP contribution in [0.1, 0.15) is 27.7 Å². The van der Waals surface area contributed by atoms with Crippen LogP contribution in [0.2, 0.25) is 0 Å². The highest BCUT2D eigenvalue weighted by molar-refractivity contribution is 4.98. The smallest absolute Gasteiger partial charge is 0.190 e. The van der Waals surface area contributed by atoms with E-state index in [2.05, 4.69) is 0 Å². The second-order valence-corrected chi connectivity index (χ2v) is 7.80. The van der Waals surface area contributed by atoms with Gasteiger partial charge in [-0.1, -0.05) is 0 Å². The summed E-state index contributed by atoms with van der Waals surface area (Å²) in [6.45, 7) is 10.3. The lowest BCUT2D eigenvalue weighted by atomic mass is 10.1. The van der Waals surface area contributed by atoms with Crippen LogP contribution in [0.3, 0.4) is 0 Å². The van der Waals surface area contributed by atoms with E-state index in [0.29, 0.717) is 26.4 Å². The molecule has 144 valence electrons. The monoisotopic (exact) mass is 360 g/mol. The molecule has 25 heavy (non-hydrogen) atoms. The Labute approximate surface area is 147 Å². The molecule has 4 rings (SSSR count). The molecule has 8 nitrogen and oxygen atoms in total.